The zero-order chi connectivity index (χ0) is 24.4. The summed E-state index contributed by atoms with van der Waals surface area (Å²) in [6.07, 6.45) is 0.288. The van der Waals surface area contributed by atoms with Gasteiger partial charge in [-0.15, -0.1) is 0 Å². The molecule has 1 N–H and O–H groups in total. The van der Waals surface area contributed by atoms with E-state index in [2.05, 4.69) is 10.3 Å². The number of aromatic nitrogens is 1. The third kappa shape index (κ3) is 6.67. The van der Waals surface area contributed by atoms with Gasteiger partial charge in [-0.25, -0.2) is 13.6 Å². The Morgan fingerprint density at radius 2 is 2.03 bits per heavy atom. The van der Waals surface area contributed by atoms with Gasteiger partial charge in [0.2, 0.25) is 0 Å². The largest absolute Gasteiger partial charge is 0.444 e. The molecule has 0 bridgehead atoms. The van der Waals surface area contributed by atoms with Gasteiger partial charge in [0.25, 0.3) is 11.6 Å². The first-order valence-electron chi connectivity index (χ1n) is 10.6. The van der Waals surface area contributed by atoms with Crippen LogP contribution in [0.25, 0.3) is 11.1 Å². The zero-order valence-corrected chi connectivity index (χ0v) is 19.1. The minimum absolute atomic E-state index is 0.0869. The standard InChI is InChI=1S/C23H28F2N4O4/c1-15-5-6-17(12-26-15)18-9-16(10-19(11-18)29(31)32)13-28-8-7-23(24,25)20(14-28)27-21(30)33-22(2,3)4/h5-6,9-12,20H,7-8,13-14H2,1-4H3,(H,27,30)/t20-/m1/s1. The van der Waals surface area contributed by atoms with Crippen molar-refractivity contribution in [3.05, 3.63) is 57.9 Å². The van der Waals surface area contributed by atoms with Crippen LogP contribution in [0.4, 0.5) is 19.3 Å². The average molecular weight is 462 g/mol. The number of non-ortho nitro benzene ring substituents is 1. The number of hydrogen-bond acceptors (Lipinski definition) is 6. The third-order valence-electron chi connectivity index (χ3n) is 5.24. The first-order valence-corrected chi connectivity index (χ1v) is 10.6. The molecule has 0 unspecified atom stereocenters. The minimum atomic E-state index is -3.09. The Labute approximate surface area is 191 Å². The molecule has 0 aliphatic carbocycles. The Hall–Kier alpha value is -3.14. The number of halogens is 2. The summed E-state index contributed by atoms with van der Waals surface area (Å²) in [5.41, 5.74) is 1.88. The number of pyridine rings is 1. The fourth-order valence-electron chi connectivity index (χ4n) is 3.64. The summed E-state index contributed by atoms with van der Waals surface area (Å²) >= 11 is 0. The van der Waals surface area contributed by atoms with E-state index in [1.54, 1.807) is 37.9 Å². The van der Waals surface area contributed by atoms with Crippen molar-refractivity contribution in [2.24, 2.45) is 0 Å². The van der Waals surface area contributed by atoms with Crippen molar-refractivity contribution in [1.29, 1.82) is 0 Å². The van der Waals surface area contributed by atoms with E-state index in [0.717, 1.165) is 11.3 Å². The van der Waals surface area contributed by atoms with E-state index in [1.807, 2.05) is 19.1 Å². The second kappa shape index (κ2) is 9.38. The smallest absolute Gasteiger partial charge is 0.408 e. The number of alkyl halides is 2. The van der Waals surface area contributed by atoms with E-state index in [1.165, 1.54) is 12.1 Å². The number of nitro groups is 1. The highest BCUT2D eigenvalue weighted by Gasteiger charge is 2.45. The Morgan fingerprint density at radius 3 is 2.64 bits per heavy atom. The Morgan fingerprint density at radius 1 is 1.30 bits per heavy atom. The lowest BCUT2D eigenvalue weighted by Crippen LogP contribution is -2.58. The molecule has 1 aromatic heterocycles. The Bertz CT molecular complexity index is 1020. The molecule has 1 atom stereocenters. The molecule has 2 heterocycles. The lowest BCUT2D eigenvalue weighted by atomic mass is 9.99. The number of nitrogens with zero attached hydrogens (tertiary/aromatic N) is 3. The summed E-state index contributed by atoms with van der Waals surface area (Å²) in [4.78, 5) is 29.0. The molecular weight excluding hydrogens is 434 g/mol. The summed E-state index contributed by atoms with van der Waals surface area (Å²) in [7, 11) is 0. The summed E-state index contributed by atoms with van der Waals surface area (Å²) < 4.78 is 34.1. The van der Waals surface area contributed by atoms with Crippen molar-refractivity contribution in [2.75, 3.05) is 13.1 Å². The van der Waals surface area contributed by atoms with Crippen LogP contribution in [0.15, 0.2) is 36.5 Å². The second-order valence-corrected chi connectivity index (χ2v) is 9.28. The highest BCUT2D eigenvalue weighted by molar-refractivity contribution is 5.68. The molecule has 2 aromatic rings. The van der Waals surface area contributed by atoms with Gasteiger partial charge in [-0.2, -0.15) is 0 Å². The maximum Gasteiger partial charge on any atom is 0.408 e. The van der Waals surface area contributed by atoms with Gasteiger partial charge in [0, 0.05) is 55.6 Å². The number of ether oxygens (including phenoxy) is 1. The van der Waals surface area contributed by atoms with Crippen molar-refractivity contribution in [1.82, 2.24) is 15.2 Å². The van der Waals surface area contributed by atoms with Crippen LogP contribution in [0.3, 0.4) is 0 Å². The molecule has 1 aromatic carbocycles. The van der Waals surface area contributed by atoms with Gasteiger partial charge in [0.15, 0.2) is 0 Å². The normalized spacial score (nSPS) is 18.5. The Balaban J connectivity index is 1.79. The predicted octanol–water partition coefficient (Wildman–Crippen LogP) is 4.70. The van der Waals surface area contributed by atoms with Crippen molar-refractivity contribution in [3.8, 4) is 11.1 Å². The van der Waals surface area contributed by atoms with Crippen LogP contribution in [-0.2, 0) is 11.3 Å². The molecular formula is C23H28F2N4O4. The van der Waals surface area contributed by atoms with Gasteiger partial charge in [0.05, 0.1) is 4.92 Å². The van der Waals surface area contributed by atoms with Gasteiger partial charge in [-0.3, -0.25) is 20.0 Å². The molecule has 1 saturated heterocycles. The number of amides is 1. The van der Waals surface area contributed by atoms with E-state index < -0.39 is 35.0 Å². The predicted molar refractivity (Wildman–Crippen MR) is 119 cm³/mol. The highest BCUT2D eigenvalue weighted by atomic mass is 19.3. The number of nitro benzene ring substituents is 1. The van der Waals surface area contributed by atoms with Gasteiger partial charge in [-0.05, 0) is 51.0 Å². The molecule has 10 heteroatoms. The number of piperidine rings is 1. The molecule has 1 aliphatic rings. The Kier molecular flexibility index (Phi) is 6.97. The summed E-state index contributed by atoms with van der Waals surface area (Å²) in [5, 5.41) is 13.8. The van der Waals surface area contributed by atoms with Crippen LogP contribution < -0.4 is 5.32 Å². The van der Waals surface area contributed by atoms with Crippen molar-refractivity contribution < 1.29 is 23.2 Å². The van der Waals surface area contributed by atoms with Gasteiger partial charge >= 0.3 is 6.09 Å². The van der Waals surface area contributed by atoms with Crippen LogP contribution in [0, 0.1) is 17.0 Å². The van der Waals surface area contributed by atoms with Crippen LogP contribution in [0.2, 0.25) is 0 Å². The molecule has 1 aliphatic heterocycles. The second-order valence-electron chi connectivity index (χ2n) is 9.28. The average Bonchev–Trinajstić information content (AvgIpc) is 2.69. The molecule has 8 nitrogen and oxygen atoms in total. The van der Waals surface area contributed by atoms with Gasteiger partial charge in [-0.1, -0.05) is 6.07 Å². The number of carbonyl (C=O) groups excluding carboxylic acids is 1. The molecule has 1 fully saturated rings. The van der Waals surface area contributed by atoms with Crippen molar-refractivity contribution in [3.63, 3.8) is 0 Å². The maximum atomic E-state index is 14.5. The SMILES string of the molecule is Cc1ccc(-c2cc(CN3CCC(F)(F)[C@H](NC(=O)OC(C)(C)C)C3)cc([N+](=O)[O-])c2)cn1. The topological polar surface area (TPSA) is 97.6 Å². The number of hydrogen-bond donors (Lipinski definition) is 1. The number of aryl methyl sites for hydroxylation is 1. The van der Waals surface area contributed by atoms with E-state index in [0.29, 0.717) is 11.1 Å². The minimum Gasteiger partial charge on any atom is -0.444 e. The van der Waals surface area contributed by atoms with Crippen LogP contribution >= 0.6 is 0 Å². The highest BCUT2D eigenvalue weighted by Crippen LogP contribution is 2.31. The van der Waals surface area contributed by atoms with Crippen LogP contribution in [0.1, 0.15) is 38.4 Å². The van der Waals surface area contributed by atoms with Crippen molar-refractivity contribution >= 4 is 11.8 Å². The van der Waals surface area contributed by atoms with Gasteiger partial charge in [0.1, 0.15) is 11.6 Å². The number of nitrogens with one attached hydrogen (secondary N) is 1. The molecule has 0 spiro atoms. The molecule has 0 saturated carbocycles. The van der Waals surface area contributed by atoms with E-state index >= 15 is 0 Å². The molecule has 0 radical (unpaired) electrons. The summed E-state index contributed by atoms with van der Waals surface area (Å²) in [5.74, 6) is -3.09. The fraction of sp³-hybridized carbons (Fsp3) is 0.478. The summed E-state index contributed by atoms with van der Waals surface area (Å²) in [6, 6.07) is 6.91. The van der Waals surface area contributed by atoms with Gasteiger partial charge < -0.3 is 10.1 Å². The maximum absolute atomic E-state index is 14.5. The number of rotatable bonds is 5. The number of alkyl carbamates (subject to hydrolysis) is 1. The number of benzene rings is 1. The van der Waals surface area contributed by atoms with Crippen LogP contribution in [-0.4, -0.2) is 51.6 Å². The molecule has 178 valence electrons. The summed E-state index contributed by atoms with van der Waals surface area (Å²) in [6.45, 7) is 7.00. The van der Waals surface area contributed by atoms with E-state index in [-0.39, 0.29) is 25.3 Å². The monoisotopic (exact) mass is 462 g/mol. The first-order chi connectivity index (χ1) is 15.3. The molecule has 33 heavy (non-hydrogen) atoms. The van der Waals surface area contributed by atoms with Crippen LogP contribution in [0.5, 0.6) is 0 Å². The lowest BCUT2D eigenvalue weighted by molar-refractivity contribution is -0.384. The molecule has 1 amide bonds. The zero-order valence-electron chi connectivity index (χ0n) is 19.1. The molecule has 3 rings (SSSR count). The van der Waals surface area contributed by atoms with Crippen molar-refractivity contribution in [2.45, 2.75) is 58.2 Å². The quantitative estimate of drug-likeness (QED) is 0.511. The van der Waals surface area contributed by atoms with E-state index in [9.17, 15) is 23.7 Å². The lowest BCUT2D eigenvalue weighted by Gasteiger charge is -2.38. The third-order valence-corrected chi connectivity index (χ3v) is 5.24. The first kappa shape index (κ1) is 24.5. The number of likely N-dealkylation sites (tertiary alicyclic amines) is 1. The van der Waals surface area contributed by atoms with E-state index in [4.69, 9.17) is 4.74 Å². The fourth-order valence-corrected chi connectivity index (χ4v) is 3.64. The number of carbonyl (C=O) groups is 1.